The molecule has 0 radical (unpaired) electrons. The lowest BCUT2D eigenvalue weighted by Crippen LogP contribution is -2.33. The fraction of sp³-hybridized carbons (Fsp3) is 0.481. The molecule has 0 bridgehead atoms. The minimum Gasteiger partial charge on any atom is -0.204 e. The van der Waals surface area contributed by atoms with E-state index in [9.17, 15) is 8.78 Å². The summed E-state index contributed by atoms with van der Waals surface area (Å²) in [5.74, 6) is 0.253. The minimum atomic E-state index is -0.799. The summed E-state index contributed by atoms with van der Waals surface area (Å²) in [6.45, 7) is 2.12. The summed E-state index contributed by atoms with van der Waals surface area (Å²) < 4.78 is 26.8. The van der Waals surface area contributed by atoms with Crippen molar-refractivity contribution in [3.63, 3.8) is 0 Å². The molecule has 29 heavy (non-hydrogen) atoms. The van der Waals surface area contributed by atoms with Gasteiger partial charge in [-0.15, -0.1) is 0 Å². The van der Waals surface area contributed by atoms with E-state index in [-0.39, 0.29) is 5.41 Å². The molecule has 0 atom stereocenters. The average Bonchev–Trinajstić information content (AvgIpc) is 2.77. The van der Waals surface area contributed by atoms with Gasteiger partial charge in [-0.25, -0.2) is 8.78 Å². The second-order valence-corrected chi connectivity index (χ2v) is 9.10. The van der Waals surface area contributed by atoms with E-state index in [1.807, 2.05) is 0 Å². The van der Waals surface area contributed by atoms with E-state index in [1.54, 1.807) is 6.07 Å². The van der Waals surface area contributed by atoms with Crippen LogP contribution in [0.3, 0.4) is 0 Å². The molecule has 2 aromatic carbocycles. The third-order valence-corrected chi connectivity index (χ3v) is 7.44. The number of rotatable bonds is 4. The molecule has 0 N–H and O–H groups in total. The smallest absolute Gasteiger partial charge is 0.159 e. The first-order chi connectivity index (χ1) is 14.1. The Hall–Kier alpha value is -1.96. The lowest BCUT2D eigenvalue weighted by atomic mass is 9.62. The van der Waals surface area contributed by atoms with Crippen molar-refractivity contribution in [3.05, 3.63) is 71.8 Å². The van der Waals surface area contributed by atoms with Crippen LogP contribution >= 0.6 is 0 Å². The van der Waals surface area contributed by atoms with Gasteiger partial charge in [-0.1, -0.05) is 74.6 Å². The van der Waals surface area contributed by atoms with Gasteiger partial charge in [0.25, 0.3) is 0 Å². The number of benzene rings is 2. The summed E-state index contributed by atoms with van der Waals surface area (Å²) in [4.78, 5) is 0. The number of allylic oxidation sites excluding steroid dienone is 2. The van der Waals surface area contributed by atoms with Gasteiger partial charge in [0.1, 0.15) is 0 Å². The monoisotopic (exact) mass is 394 g/mol. The summed E-state index contributed by atoms with van der Waals surface area (Å²) in [6.07, 6.45) is 16.8. The molecule has 2 aliphatic rings. The molecule has 0 unspecified atom stereocenters. The fourth-order valence-corrected chi connectivity index (χ4v) is 5.77. The number of hydrogen-bond acceptors (Lipinski definition) is 0. The molecule has 0 spiro atoms. The maximum Gasteiger partial charge on any atom is 0.159 e. The quantitative estimate of drug-likeness (QED) is 0.458. The van der Waals surface area contributed by atoms with Crippen LogP contribution in [0.4, 0.5) is 8.78 Å². The van der Waals surface area contributed by atoms with Crippen molar-refractivity contribution in [3.8, 4) is 11.1 Å². The largest absolute Gasteiger partial charge is 0.204 e. The summed E-state index contributed by atoms with van der Waals surface area (Å²) in [7, 11) is 0. The van der Waals surface area contributed by atoms with E-state index >= 15 is 0 Å². The van der Waals surface area contributed by atoms with E-state index in [0.717, 1.165) is 23.0 Å². The molecule has 0 saturated heterocycles. The van der Waals surface area contributed by atoms with Crippen LogP contribution in [-0.2, 0) is 5.41 Å². The maximum atomic E-state index is 13.6. The van der Waals surface area contributed by atoms with Crippen molar-refractivity contribution in [1.82, 2.24) is 0 Å². The second kappa shape index (κ2) is 8.81. The number of halogens is 2. The van der Waals surface area contributed by atoms with Crippen molar-refractivity contribution in [2.24, 2.45) is 11.8 Å². The Bertz CT molecular complexity index is 835. The molecule has 0 heterocycles. The summed E-state index contributed by atoms with van der Waals surface area (Å²) in [5.41, 5.74) is 3.12. The molecule has 2 fully saturated rings. The molecule has 2 heteroatoms. The molecule has 0 aromatic heterocycles. The third kappa shape index (κ3) is 4.32. The SMILES string of the molecule is CC=CC1(c2ccc(-c3ccc(F)c(F)c3)cc2)CCC(C2CCCCC2)CC1. The van der Waals surface area contributed by atoms with E-state index in [4.69, 9.17) is 0 Å². The van der Waals surface area contributed by atoms with Crippen LogP contribution in [-0.4, -0.2) is 0 Å². The lowest BCUT2D eigenvalue weighted by molar-refractivity contribution is 0.166. The summed E-state index contributed by atoms with van der Waals surface area (Å²) in [5, 5.41) is 0. The van der Waals surface area contributed by atoms with Crippen LogP contribution in [0.1, 0.15) is 70.3 Å². The standard InChI is InChI=1S/C27H32F2/c1-2-16-27(17-14-22(15-18-27)20-6-4-3-5-7-20)24-11-8-21(9-12-24)23-10-13-25(28)26(29)19-23/h2,8-13,16,19-20,22H,3-7,14-15,17-18H2,1H3. The van der Waals surface area contributed by atoms with E-state index < -0.39 is 11.6 Å². The normalized spacial score (nSPS) is 26.1. The van der Waals surface area contributed by atoms with E-state index in [1.165, 1.54) is 75.5 Å². The molecule has 0 amide bonds. The maximum absolute atomic E-state index is 13.6. The molecule has 2 saturated carbocycles. The Labute approximate surface area is 174 Å². The first kappa shape index (κ1) is 20.3. The molecule has 2 aliphatic carbocycles. The van der Waals surface area contributed by atoms with Gasteiger partial charge in [-0.2, -0.15) is 0 Å². The van der Waals surface area contributed by atoms with Gasteiger partial charge in [-0.3, -0.25) is 0 Å². The zero-order chi connectivity index (χ0) is 20.3. The van der Waals surface area contributed by atoms with Gasteiger partial charge in [-0.05, 0) is 73.3 Å². The van der Waals surface area contributed by atoms with Gasteiger partial charge in [0.05, 0.1) is 0 Å². The molecule has 0 nitrogen and oxygen atoms in total. The summed E-state index contributed by atoms with van der Waals surface area (Å²) in [6, 6.07) is 12.6. The zero-order valence-corrected chi connectivity index (χ0v) is 17.5. The first-order valence-electron chi connectivity index (χ1n) is 11.3. The van der Waals surface area contributed by atoms with E-state index in [0.29, 0.717) is 0 Å². The van der Waals surface area contributed by atoms with Crippen molar-refractivity contribution >= 4 is 0 Å². The van der Waals surface area contributed by atoms with Crippen LogP contribution < -0.4 is 0 Å². The third-order valence-electron chi connectivity index (χ3n) is 7.44. The lowest BCUT2D eigenvalue weighted by Gasteiger charge is -2.42. The summed E-state index contributed by atoms with van der Waals surface area (Å²) >= 11 is 0. The van der Waals surface area contributed by atoms with Crippen molar-refractivity contribution < 1.29 is 8.78 Å². The van der Waals surface area contributed by atoms with Crippen molar-refractivity contribution in [1.29, 1.82) is 0 Å². The fourth-order valence-electron chi connectivity index (χ4n) is 5.77. The molecule has 154 valence electrons. The van der Waals surface area contributed by atoms with E-state index in [2.05, 4.69) is 43.3 Å². The predicted octanol–water partition coefficient (Wildman–Crippen LogP) is 8.22. The first-order valence-corrected chi connectivity index (χ1v) is 11.3. The Morgan fingerprint density at radius 3 is 2.00 bits per heavy atom. The Balaban J connectivity index is 1.52. The van der Waals surface area contributed by atoms with Gasteiger partial charge in [0.15, 0.2) is 11.6 Å². The van der Waals surface area contributed by atoms with Crippen LogP contribution in [0.5, 0.6) is 0 Å². The Morgan fingerprint density at radius 2 is 1.38 bits per heavy atom. The highest BCUT2D eigenvalue weighted by atomic mass is 19.2. The minimum absolute atomic E-state index is 0.118. The van der Waals surface area contributed by atoms with Crippen LogP contribution in [0.2, 0.25) is 0 Å². The number of hydrogen-bond donors (Lipinski definition) is 0. The van der Waals surface area contributed by atoms with Gasteiger partial charge in [0.2, 0.25) is 0 Å². The van der Waals surface area contributed by atoms with Crippen molar-refractivity contribution in [2.75, 3.05) is 0 Å². The van der Waals surface area contributed by atoms with Gasteiger partial charge >= 0.3 is 0 Å². The molecule has 2 aromatic rings. The molecular weight excluding hydrogens is 362 g/mol. The molecular formula is C27H32F2. The Kier molecular flexibility index (Phi) is 6.18. The topological polar surface area (TPSA) is 0 Å². The van der Waals surface area contributed by atoms with Crippen LogP contribution in [0.25, 0.3) is 11.1 Å². The highest BCUT2D eigenvalue weighted by molar-refractivity contribution is 5.64. The Morgan fingerprint density at radius 1 is 0.759 bits per heavy atom. The predicted molar refractivity (Wildman–Crippen MR) is 117 cm³/mol. The van der Waals surface area contributed by atoms with Gasteiger partial charge in [0, 0.05) is 5.41 Å². The highest BCUT2D eigenvalue weighted by Gasteiger charge is 2.37. The second-order valence-electron chi connectivity index (χ2n) is 9.10. The molecule has 0 aliphatic heterocycles. The van der Waals surface area contributed by atoms with Crippen molar-refractivity contribution in [2.45, 2.75) is 70.1 Å². The van der Waals surface area contributed by atoms with Crippen LogP contribution in [0.15, 0.2) is 54.6 Å². The highest BCUT2D eigenvalue weighted by Crippen LogP contribution is 2.47. The molecule has 4 rings (SSSR count). The average molecular weight is 395 g/mol. The zero-order valence-electron chi connectivity index (χ0n) is 17.5. The van der Waals surface area contributed by atoms with Crippen LogP contribution in [0, 0.1) is 23.5 Å². The van der Waals surface area contributed by atoms with Gasteiger partial charge < -0.3 is 0 Å².